The number of anilines is 1. The number of likely N-dealkylation sites (N-methyl/N-ethyl adjacent to an activating group) is 1. The van der Waals surface area contributed by atoms with Crippen molar-refractivity contribution < 1.29 is 9.47 Å². The van der Waals surface area contributed by atoms with Gasteiger partial charge in [0.15, 0.2) is 0 Å². The molecule has 0 amide bonds. The van der Waals surface area contributed by atoms with E-state index in [1.807, 2.05) is 24.3 Å². The number of benzene rings is 3. The van der Waals surface area contributed by atoms with Crippen LogP contribution in [0.25, 0.3) is 11.1 Å². The maximum absolute atomic E-state index is 5.76. The number of para-hydroxylation sites is 1. The van der Waals surface area contributed by atoms with E-state index in [-0.39, 0.29) is 0 Å². The highest BCUT2D eigenvalue weighted by Gasteiger charge is 2.16. The molecule has 3 aromatic carbocycles. The molecule has 4 nitrogen and oxygen atoms in total. The maximum Gasteiger partial charge on any atom is 0.126 e. The average molecular weight is 459 g/mol. The molecule has 0 bridgehead atoms. The van der Waals surface area contributed by atoms with Crippen LogP contribution in [0.2, 0.25) is 0 Å². The second-order valence-corrected chi connectivity index (χ2v) is 8.17. The number of allylic oxidation sites excluding steroid dienone is 1. The van der Waals surface area contributed by atoms with E-state index in [1.165, 1.54) is 22.3 Å². The molecule has 0 heterocycles. The Kier molecular flexibility index (Phi) is 9.60. The highest BCUT2D eigenvalue weighted by molar-refractivity contribution is 6.00. The molecule has 0 aliphatic carbocycles. The van der Waals surface area contributed by atoms with Crippen LogP contribution in [-0.4, -0.2) is 45.3 Å². The van der Waals surface area contributed by atoms with Gasteiger partial charge in [0.2, 0.25) is 0 Å². The van der Waals surface area contributed by atoms with Gasteiger partial charge in [-0.2, -0.15) is 0 Å². The lowest BCUT2D eigenvalue weighted by molar-refractivity contribution is 0.316. The maximum atomic E-state index is 5.76. The normalized spacial score (nSPS) is 11.8. The Morgan fingerprint density at radius 3 is 2.00 bits per heavy atom. The third-order valence-electron chi connectivity index (χ3n) is 6.30. The third kappa shape index (κ3) is 6.21. The first-order chi connectivity index (χ1) is 16.6. The summed E-state index contributed by atoms with van der Waals surface area (Å²) in [5, 5.41) is 3.56. The number of nitrogens with one attached hydrogen (secondary N) is 1. The zero-order valence-corrected chi connectivity index (χ0v) is 21.2. The van der Waals surface area contributed by atoms with Crippen molar-refractivity contribution in [2.75, 3.05) is 45.7 Å². The van der Waals surface area contributed by atoms with Gasteiger partial charge in [-0.1, -0.05) is 63.2 Å². The quantitative estimate of drug-likeness (QED) is 0.302. The van der Waals surface area contributed by atoms with Crippen molar-refractivity contribution in [3.8, 4) is 11.5 Å². The monoisotopic (exact) mass is 458 g/mol. The van der Waals surface area contributed by atoms with Crippen LogP contribution >= 0.6 is 0 Å². The van der Waals surface area contributed by atoms with Crippen LogP contribution < -0.4 is 14.8 Å². The van der Waals surface area contributed by atoms with Crippen LogP contribution in [0.15, 0.2) is 72.8 Å². The van der Waals surface area contributed by atoms with E-state index in [9.17, 15) is 0 Å². The van der Waals surface area contributed by atoms with E-state index >= 15 is 0 Å². The van der Waals surface area contributed by atoms with Crippen LogP contribution in [0.5, 0.6) is 11.5 Å². The van der Waals surface area contributed by atoms with Crippen molar-refractivity contribution in [1.82, 2.24) is 4.90 Å². The fraction of sp³-hybridized carbons (Fsp3) is 0.333. The molecule has 0 unspecified atom stereocenters. The van der Waals surface area contributed by atoms with Crippen LogP contribution in [-0.2, 0) is 0 Å². The van der Waals surface area contributed by atoms with E-state index in [0.717, 1.165) is 55.3 Å². The zero-order chi connectivity index (χ0) is 24.3. The summed E-state index contributed by atoms with van der Waals surface area (Å²) in [5.74, 6) is 1.73. The SMILES string of the molecule is CCC(=C(c1ccc(NCCN(CC)CC)cc1)c1ccccc1OC)c1ccc(OC)cc1. The number of hydrogen-bond donors (Lipinski definition) is 1. The molecule has 0 saturated heterocycles. The molecule has 0 radical (unpaired) electrons. The van der Waals surface area contributed by atoms with Gasteiger partial charge in [0.25, 0.3) is 0 Å². The zero-order valence-electron chi connectivity index (χ0n) is 21.2. The molecule has 3 rings (SSSR count). The molecule has 0 aliphatic rings. The summed E-state index contributed by atoms with van der Waals surface area (Å²) in [4.78, 5) is 2.42. The van der Waals surface area contributed by atoms with Gasteiger partial charge in [0.05, 0.1) is 14.2 Å². The number of ether oxygens (including phenoxy) is 2. The Balaban J connectivity index is 2.01. The topological polar surface area (TPSA) is 33.7 Å². The second-order valence-electron chi connectivity index (χ2n) is 8.17. The Morgan fingerprint density at radius 1 is 0.765 bits per heavy atom. The lowest BCUT2D eigenvalue weighted by atomic mass is 9.87. The Morgan fingerprint density at radius 2 is 1.41 bits per heavy atom. The van der Waals surface area contributed by atoms with Crippen LogP contribution in [0.1, 0.15) is 43.9 Å². The molecule has 34 heavy (non-hydrogen) atoms. The molecule has 3 aromatic rings. The number of rotatable bonds is 12. The first-order valence-electron chi connectivity index (χ1n) is 12.2. The Bertz CT molecular complexity index is 1050. The first-order valence-corrected chi connectivity index (χ1v) is 12.2. The molecule has 1 N–H and O–H groups in total. The molecule has 0 fully saturated rings. The van der Waals surface area contributed by atoms with Crippen molar-refractivity contribution >= 4 is 16.8 Å². The van der Waals surface area contributed by atoms with Crippen molar-refractivity contribution in [3.63, 3.8) is 0 Å². The Labute approximate surface area is 205 Å². The second kappa shape index (κ2) is 12.9. The standard InChI is InChI=1S/C30H38N2O2/c1-6-27(23-15-19-26(33-4)20-16-23)30(28-11-9-10-12-29(28)34-5)24-13-17-25(18-14-24)31-21-22-32(7-2)8-3/h9-20,31H,6-8,21-22H2,1-5H3. The van der Waals surface area contributed by atoms with Crippen LogP contribution in [0, 0.1) is 0 Å². The molecular formula is C30H38N2O2. The molecule has 0 aliphatic heterocycles. The minimum atomic E-state index is 0.859. The molecule has 4 heteroatoms. The molecule has 0 aromatic heterocycles. The fourth-order valence-electron chi connectivity index (χ4n) is 4.31. The van der Waals surface area contributed by atoms with Gasteiger partial charge in [-0.15, -0.1) is 0 Å². The van der Waals surface area contributed by atoms with Crippen molar-refractivity contribution in [2.45, 2.75) is 27.2 Å². The van der Waals surface area contributed by atoms with E-state index in [4.69, 9.17) is 9.47 Å². The minimum Gasteiger partial charge on any atom is -0.497 e. The Hall–Kier alpha value is -3.24. The van der Waals surface area contributed by atoms with Gasteiger partial charge >= 0.3 is 0 Å². The first kappa shape index (κ1) is 25.4. The van der Waals surface area contributed by atoms with E-state index in [1.54, 1.807) is 14.2 Å². The van der Waals surface area contributed by atoms with E-state index in [2.05, 4.69) is 79.5 Å². The predicted octanol–water partition coefficient (Wildman–Crippen LogP) is 6.83. The van der Waals surface area contributed by atoms with E-state index < -0.39 is 0 Å². The van der Waals surface area contributed by atoms with Crippen LogP contribution in [0.4, 0.5) is 5.69 Å². The van der Waals surface area contributed by atoms with E-state index in [0.29, 0.717) is 0 Å². The van der Waals surface area contributed by atoms with Gasteiger partial charge in [-0.05, 0) is 72.1 Å². The van der Waals surface area contributed by atoms with Gasteiger partial charge in [-0.25, -0.2) is 0 Å². The average Bonchev–Trinajstić information content (AvgIpc) is 2.90. The summed E-state index contributed by atoms with van der Waals surface area (Å²) in [6.45, 7) is 10.7. The van der Waals surface area contributed by atoms with Gasteiger partial charge < -0.3 is 19.7 Å². The minimum absolute atomic E-state index is 0.859. The van der Waals surface area contributed by atoms with Crippen molar-refractivity contribution in [3.05, 3.63) is 89.5 Å². The fourth-order valence-corrected chi connectivity index (χ4v) is 4.31. The van der Waals surface area contributed by atoms with Crippen LogP contribution in [0.3, 0.4) is 0 Å². The summed E-state index contributed by atoms with van der Waals surface area (Å²) < 4.78 is 11.1. The summed E-state index contributed by atoms with van der Waals surface area (Å²) in [6.07, 6.45) is 0.892. The summed E-state index contributed by atoms with van der Waals surface area (Å²) in [5.41, 5.74) is 7.06. The van der Waals surface area contributed by atoms with Gasteiger partial charge in [0, 0.05) is 24.3 Å². The lowest BCUT2D eigenvalue weighted by Crippen LogP contribution is -2.28. The third-order valence-corrected chi connectivity index (χ3v) is 6.30. The largest absolute Gasteiger partial charge is 0.497 e. The lowest BCUT2D eigenvalue weighted by Gasteiger charge is -2.20. The number of nitrogens with zero attached hydrogens (tertiary/aromatic N) is 1. The van der Waals surface area contributed by atoms with Gasteiger partial charge in [0.1, 0.15) is 11.5 Å². The molecular weight excluding hydrogens is 420 g/mol. The molecule has 0 spiro atoms. The number of methoxy groups -OCH3 is 2. The van der Waals surface area contributed by atoms with Gasteiger partial charge in [-0.3, -0.25) is 0 Å². The van der Waals surface area contributed by atoms with Crippen molar-refractivity contribution in [1.29, 1.82) is 0 Å². The number of hydrogen-bond acceptors (Lipinski definition) is 4. The summed E-state index contributed by atoms with van der Waals surface area (Å²) in [6, 6.07) is 25.3. The summed E-state index contributed by atoms with van der Waals surface area (Å²) >= 11 is 0. The highest BCUT2D eigenvalue weighted by Crippen LogP contribution is 2.39. The molecule has 0 saturated carbocycles. The smallest absolute Gasteiger partial charge is 0.126 e. The molecule has 0 atom stereocenters. The summed E-state index contributed by atoms with van der Waals surface area (Å²) in [7, 11) is 3.43. The molecule has 180 valence electrons. The van der Waals surface area contributed by atoms with Crippen molar-refractivity contribution in [2.24, 2.45) is 0 Å². The predicted molar refractivity (Wildman–Crippen MR) is 145 cm³/mol. The highest BCUT2D eigenvalue weighted by atomic mass is 16.5.